The third-order valence-corrected chi connectivity index (χ3v) is 3.92. The van der Waals surface area contributed by atoms with Crippen LogP contribution in [0.4, 0.5) is 0 Å². The molecule has 1 rings (SSSR count). The molecule has 0 fully saturated rings. The monoisotopic (exact) mass is 307 g/mol. The van der Waals surface area contributed by atoms with E-state index >= 15 is 0 Å². The van der Waals surface area contributed by atoms with Crippen molar-refractivity contribution in [1.29, 1.82) is 0 Å². The van der Waals surface area contributed by atoms with E-state index in [1.807, 2.05) is 0 Å². The van der Waals surface area contributed by atoms with Gasteiger partial charge in [0.2, 0.25) is 0 Å². The fourth-order valence-corrected chi connectivity index (χ4v) is 1.97. The fourth-order valence-electron chi connectivity index (χ4n) is 1.74. The molecule has 0 heterocycles. The van der Waals surface area contributed by atoms with Crippen LogP contribution in [0.15, 0.2) is 16.6 Å². The SMILES string of the molecule is Cc1cc(C(N)CC#CC(C)(C)C)cc(C)c1Br. The molecule has 1 atom stereocenters. The average Bonchev–Trinajstić information content (AvgIpc) is 2.23. The zero-order valence-corrected chi connectivity index (χ0v) is 13.5. The van der Waals surface area contributed by atoms with E-state index in [1.165, 1.54) is 15.6 Å². The van der Waals surface area contributed by atoms with Crippen LogP contribution < -0.4 is 5.73 Å². The van der Waals surface area contributed by atoms with E-state index in [0.717, 1.165) is 5.56 Å². The molecule has 1 aromatic rings. The van der Waals surface area contributed by atoms with Crippen LogP contribution in [0.5, 0.6) is 0 Å². The lowest BCUT2D eigenvalue weighted by Crippen LogP contribution is -2.10. The van der Waals surface area contributed by atoms with Crippen molar-refractivity contribution in [2.24, 2.45) is 11.1 Å². The predicted octanol–water partition coefficient (Wildman–Crippen LogP) is 4.51. The summed E-state index contributed by atoms with van der Waals surface area (Å²) >= 11 is 3.57. The highest BCUT2D eigenvalue weighted by Gasteiger charge is 2.09. The molecule has 2 heteroatoms. The first-order chi connectivity index (χ1) is 8.20. The molecule has 0 saturated heterocycles. The largest absolute Gasteiger partial charge is 0.323 e. The zero-order chi connectivity index (χ0) is 13.9. The van der Waals surface area contributed by atoms with Gasteiger partial charge in [-0.2, -0.15) is 0 Å². The summed E-state index contributed by atoms with van der Waals surface area (Å²) in [6, 6.07) is 4.27. The Balaban J connectivity index is 2.85. The van der Waals surface area contributed by atoms with Crippen molar-refractivity contribution in [1.82, 2.24) is 0 Å². The highest BCUT2D eigenvalue weighted by Crippen LogP contribution is 2.25. The topological polar surface area (TPSA) is 26.0 Å². The molecule has 98 valence electrons. The van der Waals surface area contributed by atoms with Gasteiger partial charge in [0.15, 0.2) is 0 Å². The van der Waals surface area contributed by atoms with Crippen molar-refractivity contribution in [2.75, 3.05) is 0 Å². The summed E-state index contributed by atoms with van der Waals surface area (Å²) < 4.78 is 1.17. The molecule has 1 unspecified atom stereocenters. The van der Waals surface area contributed by atoms with Gasteiger partial charge >= 0.3 is 0 Å². The molecule has 0 saturated carbocycles. The predicted molar refractivity (Wildman–Crippen MR) is 82.4 cm³/mol. The standard InChI is InChI=1S/C16H22BrN/c1-11-9-13(10-12(2)15(11)17)14(18)7-6-8-16(3,4)5/h9-10,14H,7,18H2,1-5H3. The van der Waals surface area contributed by atoms with Crippen molar-refractivity contribution >= 4 is 15.9 Å². The van der Waals surface area contributed by atoms with Crippen molar-refractivity contribution in [2.45, 2.75) is 47.1 Å². The van der Waals surface area contributed by atoms with Gasteiger partial charge in [0.05, 0.1) is 0 Å². The molecule has 0 spiro atoms. The number of hydrogen-bond acceptors (Lipinski definition) is 1. The van der Waals surface area contributed by atoms with Gasteiger partial charge in [-0.3, -0.25) is 0 Å². The van der Waals surface area contributed by atoms with Crippen LogP contribution >= 0.6 is 15.9 Å². The molecule has 0 aliphatic heterocycles. The molecule has 1 aromatic carbocycles. The second kappa shape index (κ2) is 5.91. The highest BCUT2D eigenvalue weighted by molar-refractivity contribution is 9.10. The third kappa shape index (κ3) is 4.48. The number of benzene rings is 1. The molecular weight excluding hydrogens is 286 g/mol. The Morgan fingerprint density at radius 2 is 1.72 bits per heavy atom. The molecule has 0 aliphatic carbocycles. The van der Waals surface area contributed by atoms with Crippen molar-refractivity contribution in [3.05, 3.63) is 33.3 Å². The fraction of sp³-hybridized carbons (Fsp3) is 0.500. The number of hydrogen-bond donors (Lipinski definition) is 1. The lowest BCUT2D eigenvalue weighted by molar-refractivity contribution is 0.569. The van der Waals surface area contributed by atoms with Gasteiger partial charge in [-0.25, -0.2) is 0 Å². The van der Waals surface area contributed by atoms with Gasteiger partial charge < -0.3 is 5.73 Å². The van der Waals surface area contributed by atoms with E-state index < -0.39 is 0 Å². The Hall–Kier alpha value is -0.780. The Labute approximate surface area is 119 Å². The first-order valence-electron chi connectivity index (χ1n) is 6.23. The van der Waals surface area contributed by atoms with Crippen LogP contribution in [0.25, 0.3) is 0 Å². The first kappa shape index (κ1) is 15.3. The van der Waals surface area contributed by atoms with Gasteiger partial charge in [0, 0.05) is 22.4 Å². The molecule has 18 heavy (non-hydrogen) atoms. The number of rotatable bonds is 2. The normalized spacial score (nSPS) is 12.8. The number of nitrogens with two attached hydrogens (primary N) is 1. The Kier molecular flexibility index (Phi) is 5.01. The number of aryl methyl sites for hydroxylation is 2. The molecule has 0 radical (unpaired) electrons. The van der Waals surface area contributed by atoms with Gasteiger partial charge in [-0.1, -0.05) is 34.0 Å². The van der Waals surface area contributed by atoms with E-state index in [2.05, 4.69) is 74.5 Å². The Morgan fingerprint density at radius 1 is 1.22 bits per heavy atom. The quantitative estimate of drug-likeness (QED) is 0.800. The molecule has 2 N–H and O–H groups in total. The summed E-state index contributed by atoms with van der Waals surface area (Å²) in [6.07, 6.45) is 0.706. The lowest BCUT2D eigenvalue weighted by Gasteiger charge is -2.13. The van der Waals surface area contributed by atoms with Crippen molar-refractivity contribution < 1.29 is 0 Å². The van der Waals surface area contributed by atoms with Crippen LogP contribution in [0.3, 0.4) is 0 Å². The Morgan fingerprint density at radius 3 is 2.17 bits per heavy atom. The maximum Gasteiger partial charge on any atom is 0.0406 e. The number of halogens is 1. The molecular formula is C16H22BrN. The zero-order valence-electron chi connectivity index (χ0n) is 11.9. The van der Waals surface area contributed by atoms with Gasteiger partial charge in [0.25, 0.3) is 0 Å². The van der Waals surface area contributed by atoms with Crippen molar-refractivity contribution in [3.8, 4) is 11.8 Å². The smallest absolute Gasteiger partial charge is 0.0406 e. The van der Waals surface area contributed by atoms with Crippen molar-refractivity contribution in [3.63, 3.8) is 0 Å². The summed E-state index contributed by atoms with van der Waals surface area (Å²) in [4.78, 5) is 0. The molecule has 1 nitrogen and oxygen atoms in total. The first-order valence-corrected chi connectivity index (χ1v) is 7.02. The second-order valence-electron chi connectivity index (χ2n) is 5.83. The Bertz CT molecular complexity index is 463. The van der Waals surface area contributed by atoms with Gasteiger partial charge in [0.1, 0.15) is 0 Å². The maximum absolute atomic E-state index is 6.19. The highest BCUT2D eigenvalue weighted by atomic mass is 79.9. The van der Waals surface area contributed by atoms with E-state index in [-0.39, 0.29) is 11.5 Å². The van der Waals surface area contributed by atoms with Crippen LogP contribution in [0.1, 0.15) is 49.9 Å². The van der Waals surface area contributed by atoms with E-state index in [4.69, 9.17) is 5.73 Å². The molecule has 0 bridgehead atoms. The minimum Gasteiger partial charge on any atom is -0.323 e. The van der Waals surface area contributed by atoms with Crippen LogP contribution in [-0.2, 0) is 0 Å². The van der Waals surface area contributed by atoms with E-state index in [0.29, 0.717) is 6.42 Å². The van der Waals surface area contributed by atoms with Crippen LogP contribution in [0.2, 0.25) is 0 Å². The summed E-state index contributed by atoms with van der Waals surface area (Å²) in [5.74, 6) is 6.41. The minimum atomic E-state index is -0.00894. The van der Waals surface area contributed by atoms with E-state index in [1.54, 1.807) is 0 Å². The molecule has 0 amide bonds. The summed E-state index contributed by atoms with van der Waals surface area (Å²) in [5, 5.41) is 0. The van der Waals surface area contributed by atoms with Gasteiger partial charge in [-0.05, 0) is 51.3 Å². The van der Waals surface area contributed by atoms with Crippen LogP contribution in [-0.4, -0.2) is 0 Å². The summed E-state index contributed by atoms with van der Waals surface area (Å²) in [5.41, 5.74) is 9.86. The molecule has 0 aliphatic rings. The van der Waals surface area contributed by atoms with E-state index in [9.17, 15) is 0 Å². The molecule has 0 aromatic heterocycles. The van der Waals surface area contributed by atoms with Crippen LogP contribution in [0, 0.1) is 31.1 Å². The second-order valence-corrected chi connectivity index (χ2v) is 6.62. The third-order valence-electron chi connectivity index (χ3n) is 2.67. The maximum atomic E-state index is 6.19. The lowest BCUT2D eigenvalue weighted by atomic mass is 9.96. The summed E-state index contributed by atoms with van der Waals surface area (Å²) in [7, 11) is 0. The summed E-state index contributed by atoms with van der Waals surface area (Å²) in [6.45, 7) is 10.5. The van der Waals surface area contributed by atoms with Gasteiger partial charge in [-0.15, -0.1) is 5.92 Å². The average molecular weight is 308 g/mol. The minimum absolute atomic E-state index is 0.00894.